The van der Waals surface area contributed by atoms with Crippen LogP contribution >= 0.6 is 11.3 Å². The van der Waals surface area contributed by atoms with Crippen LogP contribution in [-0.4, -0.2) is 31.3 Å². The maximum absolute atomic E-state index is 11.4. The molecule has 0 aromatic carbocycles. The molecule has 12 heavy (non-hydrogen) atoms. The van der Waals surface area contributed by atoms with E-state index in [2.05, 4.69) is 0 Å². The summed E-state index contributed by atoms with van der Waals surface area (Å²) in [6, 6.07) is 1.76. The third kappa shape index (κ3) is 2.06. The number of Topliss-reactive ketones (excluding diaryl/α,β-unsaturated/α-hetero) is 1. The third-order valence-corrected chi connectivity index (χ3v) is 2.38. The van der Waals surface area contributed by atoms with E-state index < -0.39 is 0 Å². The SMILES string of the molecule is CN(C)CC(=O)c1sccc1N. The zero-order valence-electron chi connectivity index (χ0n) is 7.20. The number of nitrogens with two attached hydrogens (primary N) is 1. The fraction of sp³-hybridized carbons (Fsp3) is 0.375. The number of thiophene rings is 1. The molecule has 1 heterocycles. The molecule has 1 aromatic rings. The smallest absolute Gasteiger partial charge is 0.188 e. The standard InChI is InChI=1S/C8H12N2OS/c1-10(2)5-7(11)8-6(9)3-4-12-8/h3-4H,5,9H2,1-2H3. The van der Waals surface area contributed by atoms with E-state index in [0.29, 0.717) is 17.1 Å². The lowest BCUT2D eigenvalue weighted by molar-refractivity contribution is 0.0962. The van der Waals surface area contributed by atoms with Crippen LogP contribution in [0.3, 0.4) is 0 Å². The van der Waals surface area contributed by atoms with Gasteiger partial charge in [-0.15, -0.1) is 11.3 Å². The molecule has 4 heteroatoms. The molecular weight excluding hydrogens is 172 g/mol. The predicted octanol–water partition coefficient (Wildman–Crippen LogP) is 1.07. The normalized spacial score (nSPS) is 10.6. The van der Waals surface area contributed by atoms with Crippen molar-refractivity contribution in [2.45, 2.75) is 0 Å². The van der Waals surface area contributed by atoms with Crippen molar-refractivity contribution in [2.24, 2.45) is 0 Å². The Morgan fingerprint density at radius 1 is 1.67 bits per heavy atom. The summed E-state index contributed by atoms with van der Waals surface area (Å²) in [6.07, 6.45) is 0. The fourth-order valence-corrected chi connectivity index (χ4v) is 1.66. The lowest BCUT2D eigenvalue weighted by atomic mass is 10.3. The van der Waals surface area contributed by atoms with Gasteiger partial charge in [0.2, 0.25) is 0 Å². The predicted molar refractivity (Wildman–Crippen MR) is 51.6 cm³/mol. The second kappa shape index (κ2) is 3.69. The highest BCUT2D eigenvalue weighted by Crippen LogP contribution is 2.19. The minimum atomic E-state index is 0.0903. The lowest BCUT2D eigenvalue weighted by Crippen LogP contribution is -2.21. The van der Waals surface area contributed by atoms with Crippen molar-refractivity contribution in [1.82, 2.24) is 4.90 Å². The van der Waals surface area contributed by atoms with Crippen molar-refractivity contribution in [1.29, 1.82) is 0 Å². The number of hydrogen-bond donors (Lipinski definition) is 1. The number of nitrogen functional groups attached to an aromatic ring is 1. The van der Waals surface area contributed by atoms with Gasteiger partial charge in [-0.25, -0.2) is 0 Å². The summed E-state index contributed by atoms with van der Waals surface area (Å²) in [6.45, 7) is 0.421. The molecule has 0 bridgehead atoms. The van der Waals surface area contributed by atoms with Gasteiger partial charge in [-0.1, -0.05) is 0 Å². The molecule has 0 saturated heterocycles. The summed E-state index contributed by atoms with van der Waals surface area (Å²) in [5.74, 6) is 0.0903. The molecule has 0 amide bonds. The van der Waals surface area contributed by atoms with E-state index >= 15 is 0 Å². The van der Waals surface area contributed by atoms with Crippen LogP contribution in [0.2, 0.25) is 0 Å². The Balaban J connectivity index is 2.72. The van der Waals surface area contributed by atoms with Gasteiger partial charge in [-0.2, -0.15) is 0 Å². The van der Waals surface area contributed by atoms with E-state index in [1.165, 1.54) is 11.3 Å². The monoisotopic (exact) mass is 184 g/mol. The summed E-state index contributed by atoms with van der Waals surface area (Å²) in [4.78, 5) is 13.9. The highest BCUT2D eigenvalue weighted by atomic mass is 32.1. The summed E-state index contributed by atoms with van der Waals surface area (Å²) in [5.41, 5.74) is 6.18. The van der Waals surface area contributed by atoms with Crippen molar-refractivity contribution in [2.75, 3.05) is 26.4 Å². The molecule has 0 saturated carbocycles. The molecule has 0 spiro atoms. The molecule has 3 nitrogen and oxygen atoms in total. The Bertz CT molecular complexity index is 280. The molecule has 2 N–H and O–H groups in total. The first-order chi connectivity index (χ1) is 5.61. The van der Waals surface area contributed by atoms with Crippen molar-refractivity contribution in [3.8, 4) is 0 Å². The zero-order valence-corrected chi connectivity index (χ0v) is 8.02. The highest BCUT2D eigenvalue weighted by Gasteiger charge is 2.11. The van der Waals surface area contributed by atoms with Gasteiger partial charge in [0.15, 0.2) is 5.78 Å². The van der Waals surface area contributed by atoms with Gasteiger partial charge < -0.3 is 10.6 Å². The number of ketones is 1. The Kier molecular flexibility index (Phi) is 2.83. The third-order valence-electron chi connectivity index (χ3n) is 1.41. The Hall–Kier alpha value is -0.870. The van der Waals surface area contributed by atoms with Crippen LogP contribution in [0, 0.1) is 0 Å². The van der Waals surface area contributed by atoms with Crippen LogP contribution < -0.4 is 5.73 Å². The second-order valence-corrected chi connectivity index (χ2v) is 3.78. The first-order valence-electron chi connectivity index (χ1n) is 3.62. The van der Waals surface area contributed by atoms with E-state index in [-0.39, 0.29) is 5.78 Å². The average molecular weight is 184 g/mol. The quantitative estimate of drug-likeness (QED) is 0.715. The van der Waals surface area contributed by atoms with Crippen LogP contribution in [0.5, 0.6) is 0 Å². The number of likely N-dealkylation sites (N-methyl/N-ethyl adjacent to an activating group) is 1. The number of nitrogens with zero attached hydrogens (tertiary/aromatic N) is 1. The van der Waals surface area contributed by atoms with Gasteiger partial charge in [0.1, 0.15) is 0 Å². The number of rotatable bonds is 3. The Morgan fingerprint density at radius 2 is 2.33 bits per heavy atom. The summed E-state index contributed by atoms with van der Waals surface area (Å²) in [5, 5.41) is 1.83. The van der Waals surface area contributed by atoms with Crippen LogP contribution in [0.4, 0.5) is 5.69 Å². The van der Waals surface area contributed by atoms with Gasteiger partial charge in [0.25, 0.3) is 0 Å². The van der Waals surface area contributed by atoms with E-state index in [1.807, 2.05) is 24.4 Å². The molecule has 0 radical (unpaired) electrons. The summed E-state index contributed by atoms with van der Waals surface area (Å²) in [7, 11) is 3.73. The van der Waals surface area contributed by atoms with Gasteiger partial charge in [0, 0.05) is 0 Å². The molecule has 0 aliphatic carbocycles. The number of carbonyl (C=O) groups excluding carboxylic acids is 1. The van der Waals surface area contributed by atoms with Crippen LogP contribution in [-0.2, 0) is 0 Å². The number of carbonyl (C=O) groups is 1. The maximum Gasteiger partial charge on any atom is 0.188 e. The van der Waals surface area contributed by atoms with Crippen molar-refractivity contribution >= 4 is 22.8 Å². The molecular formula is C8H12N2OS. The first kappa shape index (κ1) is 9.22. The van der Waals surface area contributed by atoms with E-state index in [4.69, 9.17) is 5.73 Å². The van der Waals surface area contributed by atoms with Gasteiger partial charge in [-0.3, -0.25) is 4.79 Å². The minimum Gasteiger partial charge on any atom is -0.397 e. The van der Waals surface area contributed by atoms with Crippen LogP contribution in [0.25, 0.3) is 0 Å². The molecule has 1 aromatic heterocycles. The Morgan fingerprint density at radius 3 is 2.75 bits per heavy atom. The highest BCUT2D eigenvalue weighted by molar-refractivity contribution is 7.12. The second-order valence-electron chi connectivity index (χ2n) is 2.87. The minimum absolute atomic E-state index is 0.0903. The fourth-order valence-electron chi connectivity index (χ4n) is 0.905. The van der Waals surface area contributed by atoms with E-state index in [0.717, 1.165) is 0 Å². The molecule has 0 fully saturated rings. The average Bonchev–Trinajstić information content (AvgIpc) is 2.33. The molecule has 1 rings (SSSR count). The largest absolute Gasteiger partial charge is 0.397 e. The van der Waals surface area contributed by atoms with Crippen molar-refractivity contribution in [3.05, 3.63) is 16.3 Å². The zero-order chi connectivity index (χ0) is 9.14. The lowest BCUT2D eigenvalue weighted by Gasteiger charge is -2.06. The number of hydrogen-bond acceptors (Lipinski definition) is 4. The summed E-state index contributed by atoms with van der Waals surface area (Å²) < 4.78 is 0. The van der Waals surface area contributed by atoms with Crippen LogP contribution in [0.1, 0.15) is 9.67 Å². The molecule has 0 aliphatic rings. The van der Waals surface area contributed by atoms with E-state index in [9.17, 15) is 4.79 Å². The summed E-state index contributed by atoms with van der Waals surface area (Å²) >= 11 is 1.40. The topological polar surface area (TPSA) is 46.3 Å². The maximum atomic E-state index is 11.4. The van der Waals surface area contributed by atoms with Crippen LogP contribution in [0.15, 0.2) is 11.4 Å². The van der Waals surface area contributed by atoms with Gasteiger partial charge in [-0.05, 0) is 25.5 Å². The Labute approximate surface area is 75.8 Å². The molecule has 0 unspecified atom stereocenters. The van der Waals surface area contributed by atoms with Crippen molar-refractivity contribution in [3.63, 3.8) is 0 Å². The molecule has 0 atom stereocenters. The van der Waals surface area contributed by atoms with E-state index in [1.54, 1.807) is 6.07 Å². The first-order valence-corrected chi connectivity index (χ1v) is 4.50. The molecule has 66 valence electrons. The van der Waals surface area contributed by atoms with Gasteiger partial charge >= 0.3 is 0 Å². The van der Waals surface area contributed by atoms with Crippen molar-refractivity contribution < 1.29 is 4.79 Å². The van der Waals surface area contributed by atoms with Gasteiger partial charge in [0.05, 0.1) is 17.1 Å². The number of anilines is 1. The molecule has 0 aliphatic heterocycles.